The Hall–Kier alpha value is -1.14. The fourth-order valence-electron chi connectivity index (χ4n) is 1.44. The molecule has 1 atom stereocenters. The lowest BCUT2D eigenvalue weighted by atomic mass is 10.1. The number of methoxy groups -OCH3 is 1. The number of nitrogen functional groups attached to an aromatic ring is 1. The van der Waals surface area contributed by atoms with E-state index >= 15 is 0 Å². The summed E-state index contributed by atoms with van der Waals surface area (Å²) >= 11 is 1.21. The molecule has 0 aromatic carbocycles. The van der Waals surface area contributed by atoms with Gasteiger partial charge < -0.3 is 15.8 Å². The molecule has 0 bridgehead atoms. The van der Waals surface area contributed by atoms with Crippen molar-refractivity contribution < 1.29 is 9.53 Å². The van der Waals surface area contributed by atoms with Crippen molar-refractivity contribution >= 4 is 22.4 Å². The Morgan fingerprint density at radius 2 is 2.24 bits per heavy atom. The lowest BCUT2D eigenvalue weighted by Crippen LogP contribution is -2.41. The number of ether oxygens (including phenoxy) is 1. The summed E-state index contributed by atoms with van der Waals surface area (Å²) in [5.74, 6) is 0.178. The van der Waals surface area contributed by atoms with Gasteiger partial charge in [-0.05, 0) is 12.8 Å². The molecule has 17 heavy (non-hydrogen) atoms. The number of aryl methyl sites for hydroxylation is 1. The Morgan fingerprint density at radius 3 is 2.65 bits per heavy atom. The van der Waals surface area contributed by atoms with Crippen LogP contribution in [-0.4, -0.2) is 30.6 Å². The van der Waals surface area contributed by atoms with Crippen LogP contribution in [0.3, 0.4) is 0 Å². The highest BCUT2D eigenvalue weighted by Gasteiger charge is 2.20. The van der Waals surface area contributed by atoms with Gasteiger partial charge in [0.05, 0.1) is 18.3 Å². The molecule has 0 saturated carbocycles. The molecule has 5 nitrogen and oxygen atoms in total. The molecule has 1 amide bonds. The maximum absolute atomic E-state index is 12.0. The molecular weight excluding hydrogens is 238 g/mol. The van der Waals surface area contributed by atoms with E-state index in [1.165, 1.54) is 11.3 Å². The molecule has 0 radical (unpaired) electrons. The minimum Gasteiger partial charge on any atom is -0.383 e. The van der Waals surface area contributed by atoms with Gasteiger partial charge in [0.1, 0.15) is 4.88 Å². The average Bonchev–Trinajstić information content (AvgIpc) is 2.57. The highest BCUT2D eigenvalue weighted by Crippen LogP contribution is 2.19. The van der Waals surface area contributed by atoms with E-state index in [9.17, 15) is 4.79 Å². The van der Waals surface area contributed by atoms with Crippen molar-refractivity contribution in [2.75, 3.05) is 19.5 Å². The van der Waals surface area contributed by atoms with E-state index in [4.69, 9.17) is 10.5 Å². The van der Waals surface area contributed by atoms with Crippen LogP contribution < -0.4 is 11.1 Å². The van der Waals surface area contributed by atoms with Crippen LogP contribution in [0.25, 0.3) is 0 Å². The number of carbonyl (C=O) groups is 1. The number of hydrogen-bond acceptors (Lipinski definition) is 5. The monoisotopic (exact) mass is 257 g/mol. The normalized spacial score (nSPS) is 12.8. The zero-order valence-electron chi connectivity index (χ0n) is 10.6. The lowest BCUT2D eigenvalue weighted by Gasteiger charge is -2.21. The molecule has 0 spiro atoms. The highest BCUT2D eigenvalue weighted by atomic mass is 32.1. The molecule has 3 N–H and O–H groups in total. The molecule has 1 heterocycles. The maximum Gasteiger partial charge on any atom is 0.263 e. The van der Waals surface area contributed by atoms with Gasteiger partial charge in [0.15, 0.2) is 5.13 Å². The predicted molar refractivity (Wildman–Crippen MR) is 69.2 cm³/mol. The first-order valence-electron chi connectivity index (χ1n) is 5.48. The van der Waals surface area contributed by atoms with E-state index in [1.54, 1.807) is 14.0 Å². The smallest absolute Gasteiger partial charge is 0.263 e. The number of carbonyl (C=O) groups excluding carboxylic acids is 1. The minimum absolute atomic E-state index is 0.00442. The van der Waals surface area contributed by atoms with Crippen LogP contribution >= 0.6 is 11.3 Å². The minimum atomic E-state index is -0.132. The van der Waals surface area contributed by atoms with Crippen molar-refractivity contribution in [2.45, 2.75) is 26.8 Å². The number of thiazole rings is 1. The Kier molecular flexibility index (Phi) is 4.89. The van der Waals surface area contributed by atoms with Gasteiger partial charge in [-0.25, -0.2) is 4.98 Å². The second-order valence-corrected chi connectivity index (χ2v) is 5.28. The van der Waals surface area contributed by atoms with Crippen LogP contribution in [0.2, 0.25) is 0 Å². The van der Waals surface area contributed by atoms with Crippen LogP contribution in [0, 0.1) is 12.8 Å². The summed E-state index contributed by atoms with van der Waals surface area (Å²) in [4.78, 5) is 16.6. The molecular formula is C11H19N3O2S. The van der Waals surface area contributed by atoms with Crippen molar-refractivity contribution in [1.82, 2.24) is 10.3 Å². The molecule has 1 aromatic heterocycles. The summed E-state index contributed by atoms with van der Waals surface area (Å²) in [5, 5.41) is 3.36. The van der Waals surface area contributed by atoms with Crippen molar-refractivity contribution in [3.05, 3.63) is 10.6 Å². The Balaban J connectivity index is 2.73. The fraction of sp³-hybridized carbons (Fsp3) is 0.636. The van der Waals surface area contributed by atoms with Crippen LogP contribution in [0.5, 0.6) is 0 Å². The third kappa shape index (κ3) is 3.67. The molecule has 0 aliphatic heterocycles. The summed E-state index contributed by atoms with van der Waals surface area (Å²) in [5.41, 5.74) is 6.24. The number of anilines is 1. The molecule has 1 unspecified atom stereocenters. The van der Waals surface area contributed by atoms with Crippen LogP contribution in [0.1, 0.15) is 29.2 Å². The summed E-state index contributed by atoms with van der Waals surface area (Å²) in [7, 11) is 1.62. The highest BCUT2D eigenvalue weighted by molar-refractivity contribution is 7.17. The quantitative estimate of drug-likeness (QED) is 0.836. The van der Waals surface area contributed by atoms with E-state index in [0.717, 1.165) is 0 Å². The first-order valence-corrected chi connectivity index (χ1v) is 6.30. The summed E-state index contributed by atoms with van der Waals surface area (Å²) in [6.07, 6.45) is 0. The number of amides is 1. The SMILES string of the molecule is COCC(NC(=O)c1sc(N)nc1C)C(C)C. The maximum atomic E-state index is 12.0. The number of rotatable bonds is 5. The number of nitrogens with zero attached hydrogens (tertiary/aromatic N) is 1. The second kappa shape index (κ2) is 5.97. The van der Waals surface area contributed by atoms with Gasteiger partial charge in [-0.1, -0.05) is 25.2 Å². The first kappa shape index (κ1) is 13.9. The molecule has 1 rings (SSSR count). The molecule has 0 saturated heterocycles. The van der Waals surface area contributed by atoms with Crippen molar-refractivity contribution in [3.63, 3.8) is 0 Å². The molecule has 0 fully saturated rings. The summed E-state index contributed by atoms with van der Waals surface area (Å²) < 4.78 is 5.09. The molecule has 96 valence electrons. The van der Waals surface area contributed by atoms with Crippen molar-refractivity contribution in [2.24, 2.45) is 5.92 Å². The Labute approximate surface area is 105 Å². The predicted octanol–water partition coefficient (Wildman–Crippen LogP) is 1.43. The van der Waals surface area contributed by atoms with Crippen LogP contribution in [-0.2, 0) is 4.74 Å². The van der Waals surface area contributed by atoms with E-state index in [-0.39, 0.29) is 11.9 Å². The Morgan fingerprint density at radius 1 is 1.59 bits per heavy atom. The van der Waals surface area contributed by atoms with Gasteiger partial charge in [-0.2, -0.15) is 0 Å². The average molecular weight is 257 g/mol. The largest absolute Gasteiger partial charge is 0.383 e. The summed E-state index contributed by atoms with van der Waals surface area (Å²) in [6.45, 7) is 6.36. The van der Waals surface area contributed by atoms with Gasteiger partial charge in [0.2, 0.25) is 0 Å². The lowest BCUT2D eigenvalue weighted by molar-refractivity contribution is 0.0870. The molecule has 6 heteroatoms. The van der Waals surface area contributed by atoms with Crippen molar-refractivity contribution in [1.29, 1.82) is 0 Å². The first-order chi connectivity index (χ1) is 7.95. The van der Waals surface area contributed by atoms with E-state index in [1.807, 2.05) is 13.8 Å². The van der Waals surface area contributed by atoms with Crippen LogP contribution in [0.15, 0.2) is 0 Å². The third-order valence-electron chi connectivity index (χ3n) is 2.49. The van der Waals surface area contributed by atoms with E-state index in [0.29, 0.717) is 28.2 Å². The number of nitrogens with two attached hydrogens (primary N) is 1. The van der Waals surface area contributed by atoms with Gasteiger partial charge in [-0.3, -0.25) is 4.79 Å². The van der Waals surface area contributed by atoms with Gasteiger partial charge in [0, 0.05) is 7.11 Å². The van der Waals surface area contributed by atoms with Gasteiger partial charge in [0.25, 0.3) is 5.91 Å². The summed E-state index contributed by atoms with van der Waals surface area (Å²) in [6, 6.07) is -0.00442. The van der Waals surface area contributed by atoms with E-state index in [2.05, 4.69) is 10.3 Å². The standard InChI is InChI=1S/C11H19N3O2S/c1-6(2)8(5-16-4)14-10(15)9-7(3)13-11(12)17-9/h6,8H,5H2,1-4H3,(H2,12,13)(H,14,15). The van der Waals surface area contributed by atoms with Gasteiger partial charge in [-0.15, -0.1) is 0 Å². The fourth-order valence-corrected chi connectivity index (χ4v) is 2.18. The second-order valence-electron chi connectivity index (χ2n) is 4.25. The number of hydrogen-bond donors (Lipinski definition) is 2. The number of nitrogens with one attached hydrogen (secondary N) is 1. The molecule has 1 aromatic rings. The Bertz CT molecular complexity index is 390. The zero-order valence-corrected chi connectivity index (χ0v) is 11.4. The van der Waals surface area contributed by atoms with Crippen molar-refractivity contribution in [3.8, 4) is 0 Å². The topological polar surface area (TPSA) is 77.2 Å². The third-order valence-corrected chi connectivity index (χ3v) is 3.47. The van der Waals surface area contributed by atoms with E-state index < -0.39 is 0 Å². The molecule has 0 aliphatic rings. The van der Waals surface area contributed by atoms with Crippen LogP contribution in [0.4, 0.5) is 5.13 Å². The zero-order chi connectivity index (χ0) is 13.0. The molecule has 0 aliphatic carbocycles. The number of aromatic nitrogens is 1. The van der Waals surface area contributed by atoms with Gasteiger partial charge >= 0.3 is 0 Å².